The molecule has 0 saturated heterocycles. The van der Waals surface area contributed by atoms with E-state index in [-0.39, 0.29) is 0 Å². The number of hydroxylamine groups is 1. The zero-order valence-electron chi connectivity index (χ0n) is 3.96. The molecule has 8 heavy (non-hydrogen) atoms. The van der Waals surface area contributed by atoms with Crippen molar-refractivity contribution in [3.63, 3.8) is 0 Å². The van der Waals surface area contributed by atoms with E-state index in [0.29, 0.717) is 0 Å². The summed E-state index contributed by atoms with van der Waals surface area (Å²) >= 11 is 0. The second-order valence-corrected chi connectivity index (χ2v) is 1.09. The molecule has 1 amide bonds. The minimum atomic E-state index is -1.30. The molecule has 0 spiro atoms. The van der Waals surface area contributed by atoms with E-state index >= 15 is 0 Å². The summed E-state index contributed by atoms with van der Waals surface area (Å²) in [5.74, 6) is -0.894. The third-order valence-corrected chi connectivity index (χ3v) is 0.543. The SMILES string of the molecule is N#CC(NO)C(N)=O. The smallest absolute Gasteiger partial charge is 0.251 e. The minimum Gasteiger partial charge on any atom is -0.367 e. The van der Waals surface area contributed by atoms with Crippen LogP contribution in [0.3, 0.4) is 0 Å². The van der Waals surface area contributed by atoms with Gasteiger partial charge in [-0.25, -0.2) is 0 Å². The van der Waals surface area contributed by atoms with E-state index in [2.05, 4.69) is 5.73 Å². The summed E-state index contributed by atoms with van der Waals surface area (Å²) in [6, 6.07) is 0.119. The zero-order chi connectivity index (χ0) is 6.57. The van der Waals surface area contributed by atoms with Gasteiger partial charge < -0.3 is 10.9 Å². The van der Waals surface area contributed by atoms with Crippen LogP contribution >= 0.6 is 0 Å². The summed E-state index contributed by atoms with van der Waals surface area (Å²) < 4.78 is 0. The van der Waals surface area contributed by atoms with E-state index in [0.717, 1.165) is 0 Å². The largest absolute Gasteiger partial charge is 0.367 e. The van der Waals surface area contributed by atoms with Crippen LogP contribution < -0.4 is 11.2 Å². The number of primary amides is 1. The van der Waals surface area contributed by atoms with Gasteiger partial charge in [-0.3, -0.25) is 4.79 Å². The molecule has 0 radical (unpaired) electrons. The van der Waals surface area contributed by atoms with Crippen molar-refractivity contribution in [3.8, 4) is 6.07 Å². The number of carbonyl (C=O) groups excluding carboxylic acids is 1. The van der Waals surface area contributed by atoms with Gasteiger partial charge in [-0.15, -0.1) is 0 Å². The lowest BCUT2D eigenvalue weighted by Crippen LogP contribution is -2.37. The standard InChI is InChI=1S/C3H5N3O2/c4-1-2(6-8)3(5)7/h2,6,8H,(H2,5,7). The Morgan fingerprint density at radius 1 is 2.00 bits per heavy atom. The maximum absolute atomic E-state index is 9.94. The maximum atomic E-state index is 9.94. The zero-order valence-corrected chi connectivity index (χ0v) is 3.96. The average Bonchev–Trinajstić information content (AvgIpc) is 1.69. The topological polar surface area (TPSA) is 99.1 Å². The first-order chi connectivity index (χ1) is 3.72. The molecule has 0 aromatic carbocycles. The predicted molar refractivity (Wildman–Crippen MR) is 23.5 cm³/mol. The molecule has 5 heteroatoms. The third-order valence-electron chi connectivity index (χ3n) is 0.543. The number of nitrogens with zero attached hydrogens (tertiary/aromatic N) is 1. The normalized spacial score (nSPS) is 12.0. The Kier molecular flexibility index (Phi) is 2.54. The molecule has 0 aliphatic rings. The van der Waals surface area contributed by atoms with Gasteiger partial charge in [0.25, 0.3) is 5.91 Å². The molecule has 1 atom stereocenters. The number of nitrogens with one attached hydrogen (secondary N) is 1. The van der Waals surface area contributed by atoms with Gasteiger partial charge in [0.15, 0.2) is 6.04 Å². The van der Waals surface area contributed by atoms with Crippen molar-refractivity contribution in [1.29, 1.82) is 5.26 Å². The lowest BCUT2D eigenvalue weighted by atomic mass is 10.3. The van der Waals surface area contributed by atoms with Crippen LogP contribution in [0.4, 0.5) is 0 Å². The number of hydrogen-bond acceptors (Lipinski definition) is 4. The van der Waals surface area contributed by atoms with Crippen LogP contribution in [-0.2, 0) is 4.79 Å². The van der Waals surface area contributed by atoms with Gasteiger partial charge in [0, 0.05) is 0 Å². The molecule has 0 aliphatic carbocycles. The first-order valence-electron chi connectivity index (χ1n) is 1.81. The Labute approximate surface area is 45.7 Å². The fourth-order valence-electron chi connectivity index (χ4n) is 0.156. The van der Waals surface area contributed by atoms with Gasteiger partial charge in [-0.05, 0) is 0 Å². The van der Waals surface area contributed by atoms with Gasteiger partial charge in [0.2, 0.25) is 0 Å². The van der Waals surface area contributed by atoms with E-state index < -0.39 is 11.9 Å². The Balaban J connectivity index is 3.76. The van der Waals surface area contributed by atoms with E-state index in [1.807, 2.05) is 0 Å². The molecule has 0 fully saturated rings. The second-order valence-electron chi connectivity index (χ2n) is 1.09. The average molecular weight is 115 g/mol. The highest BCUT2D eigenvalue weighted by atomic mass is 16.5. The Morgan fingerprint density at radius 3 is 2.50 bits per heavy atom. The summed E-state index contributed by atoms with van der Waals surface area (Å²) in [6.07, 6.45) is 0. The number of rotatable bonds is 2. The lowest BCUT2D eigenvalue weighted by molar-refractivity contribution is -0.120. The van der Waals surface area contributed by atoms with Crippen molar-refractivity contribution in [1.82, 2.24) is 5.48 Å². The third kappa shape index (κ3) is 1.55. The van der Waals surface area contributed by atoms with Crippen molar-refractivity contribution < 1.29 is 10.0 Å². The first-order valence-corrected chi connectivity index (χ1v) is 1.81. The van der Waals surface area contributed by atoms with Gasteiger partial charge in [0.05, 0.1) is 6.07 Å². The van der Waals surface area contributed by atoms with Gasteiger partial charge in [-0.1, -0.05) is 0 Å². The van der Waals surface area contributed by atoms with Crippen LogP contribution in [-0.4, -0.2) is 17.2 Å². The molecule has 44 valence electrons. The van der Waals surface area contributed by atoms with Crippen LogP contribution in [0.25, 0.3) is 0 Å². The molecule has 0 aromatic rings. The Bertz CT molecular complexity index is 127. The predicted octanol–water partition coefficient (Wildman–Crippen LogP) is -1.66. The van der Waals surface area contributed by atoms with E-state index in [1.165, 1.54) is 11.5 Å². The number of nitriles is 1. The number of carbonyl (C=O) groups is 1. The molecular weight excluding hydrogens is 110 g/mol. The molecule has 4 N–H and O–H groups in total. The quantitative estimate of drug-likeness (QED) is 0.375. The molecule has 0 aromatic heterocycles. The Hall–Kier alpha value is -1.12. The van der Waals surface area contributed by atoms with E-state index in [4.69, 9.17) is 10.5 Å². The maximum Gasteiger partial charge on any atom is 0.251 e. The molecule has 0 rings (SSSR count). The van der Waals surface area contributed by atoms with Gasteiger partial charge in [-0.2, -0.15) is 10.7 Å². The van der Waals surface area contributed by atoms with Crippen molar-refractivity contribution in [3.05, 3.63) is 0 Å². The lowest BCUT2D eigenvalue weighted by Gasteiger charge is -1.96. The summed E-state index contributed by atoms with van der Waals surface area (Å²) in [4.78, 5) is 9.94. The highest BCUT2D eigenvalue weighted by Gasteiger charge is 2.10. The number of nitrogens with two attached hydrogens (primary N) is 1. The number of amides is 1. The monoisotopic (exact) mass is 115 g/mol. The van der Waals surface area contributed by atoms with E-state index in [9.17, 15) is 4.79 Å². The molecular formula is C3H5N3O2. The molecule has 1 unspecified atom stereocenters. The molecule has 5 nitrogen and oxygen atoms in total. The highest BCUT2D eigenvalue weighted by Crippen LogP contribution is 1.72. The fourth-order valence-corrected chi connectivity index (χ4v) is 0.156. The van der Waals surface area contributed by atoms with Crippen LogP contribution in [0.2, 0.25) is 0 Å². The fraction of sp³-hybridized carbons (Fsp3) is 0.333. The molecule has 0 bridgehead atoms. The van der Waals surface area contributed by atoms with Crippen molar-refractivity contribution in [2.45, 2.75) is 6.04 Å². The minimum absolute atomic E-state index is 0.894. The summed E-state index contributed by atoms with van der Waals surface area (Å²) in [7, 11) is 0. The molecule has 0 aliphatic heterocycles. The Morgan fingerprint density at radius 2 is 2.50 bits per heavy atom. The van der Waals surface area contributed by atoms with Crippen LogP contribution in [0.5, 0.6) is 0 Å². The molecule has 0 saturated carbocycles. The highest BCUT2D eigenvalue weighted by molar-refractivity contribution is 5.82. The summed E-state index contributed by atoms with van der Waals surface area (Å²) in [5.41, 5.74) is 5.99. The van der Waals surface area contributed by atoms with Gasteiger partial charge in [0.1, 0.15) is 0 Å². The summed E-state index contributed by atoms with van der Waals surface area (Å²) in [5, 5.41) is 15.8. The van der Waals surface area contributed by atoms with Crippen LogP contribution in [0.1, 0.15) is 0 Å². The number of hydrogen-bond donors (Lipinski definition) is 3. The van der Waals surface area contributed by atoms with Crippen LogP contribution in [0, 0.1) is 11.3 Å². The van der Waals surface area contributed by atoms with Crippen molar-refractivity contribution in [2.24, 2.45) is 5.73 Å². The van der Waals surface area contributed by atoms with Crippen molar-refractivity contribution in [2.75, 3.05) is 0 Å². The van der Waals surface area contributed by atoms with Gasteiger partial charge >= 0.3 is 0 Å². The van der Waals surface area contributed by atoms with E-state index in [1.54, 1.807) is 0 Å². The summed E-state index contributed by atoms with van der Waals surface area (Å²) in [6.45, 7) is 0. The second kappa shape index (κ2) is 2.96. The molecule has 0 heterocycles. The van der Waals surface area contributed by atoms with Crippen molar-refractivity contribution >= 4 is 5.91 Å². The first kappa shape index (κ1) is 6.88. The van der Waals surface area contributed by atoms with Crippen LogP contribution in [0.15, 0.2) is 0 Å².